The Morgan fingerprint density at radius 3 is 2.70 bits per heavy atom. The van der Waals surface area contributed by atoms with Gasteiger partial charge >= 0.3 is 5.97 Å². The zero-order chi connectivity index (χ0) is 22.9. The van der Waals surface area contributed by atoms with E-state index in [1.165, 1.54) is 36.5 Å². The summed E-state index contributed by atoms with van der Waals surface area (Å²) in [6.07, 6.45) is 5.02. The van der Waals surface area contributed by atoms with Gasteiger partial charge in [0.1, 0.15) is 12.4 Å². The molecule has 2 aromatic carbocycles. The van der Waals surface area contributed by atoms with Crippen molar-refractivity contribution in [2.45, 2.75) is 25.2 Å². The Morgan fingerprint density at radius 1 is 1.18 bits per heavy atom. The second kappa shape index (κ2) is 8.50. The minimum Gasteiger partial charge on any atom is -0.468 e. The minimum atomic E-state index is -0.498. The van der Waals surface area contributed by atoms with Crippen LogP contribution in [-0.4, -0.2) is 50.5 Å². The lowest BCUT2D eigenvalue weighted by Gasteiger charge is -2.09. The molecule has 4 aromatic rings. The highest BCUT2D eigenvalue weighted by Gasteiger charge is 2.29. The van der Waals surface area contributed by atoms with E-state index in [0.717, 1.165) is 16.9 Å². The van der Waals surface area contributed by atoms with Crippen molar-refractivity contribution in [3.8, 4) is 11.4 Å². The van der Waals surface area contributed by atoms with Gasteiger partial charge in [-0.1, -0.05) is 18.2 Å². The van der Waals surface area contributed by atoms with Crippen LogP contribution in [0.5, 0.6) is 0 Å². The van der Waals surface area contributed by atoms with E-state index < -0.39 is 5.97 Å². The number of methoxy groups -OCH3 is 1. The first-order valence-electron chi connectivity index (χ1n) is 10.8. The smallest absolute Gasteiger partial charge is 0.325 e. The summed E-state index contributed by atoms with van der Waals surface area (Å²) in [5.41, 5.74) is 4.95. The van der Waals surface area contributed by atoms with E-state index in [9.17, 15) is 9.59 Å². The van der Waals surface area contributed by atoms with Crippen molar-refractivity contribution in [2.24, 2.45) is 7.05 Å². The fourth-order valence-electron chi connectivity index (χ4n) is 4.05. The van der Waals surface area contributed by atoms with E-state index in [1.807, 2.05) is 17.9 Å². The van der Waals surface area contributed by atoms with Gasteiger partial charge < -0.3 is 10.1 Å². The highest BCUT2D eigenvalue weighted by molar-refractivity contribution is 5.96. The fourth-order valence-corrected chi connectivity index (χ4v) is 4.05. The predicted octanol–water partition coefficient (Wildman–Crippen LogP) is 2.73. The summed E-state index contributed by atoms with van der Waals surface area (Å²) >= 11 is 0. The molecule has 1 aliphatic carbocycles. The van der Waals surface area contributed by atoms with Gasteiger partial charge in [0.25, 0.3) is 5.91 Å². The lowest BCUT2D eigenvalue weighted by Crippen LogP contribution is -2.30. The van der Waals surface area contributed by atoms with Gasteiger partial charge in [0, 0.05) is 30.0 Å². The molecule has 9 nitrogen and oxygen atoms in total. The number of amides is 1. The summed E-state index contributed by atoms with van der Waals surface area (Å²) in [4.78, 5) is 28.2. The Bertz CT molecular complexity index is 1330. The number of benzene rings is 2. The number of hydrogen-bond acceptors (Lipinski definition) is 6. The number of carbonyl (C=O) groups excluding carboxylic acids is 2. The van der Waals surface area contributed by atoms with Crippen LogP contribution in [-0.2, 0) is 23.0 Å². The molecule has 0 bridgehead atoms. The van der Waals surface area contributed by atoms with Crippen molar-refractivity contribution in [1.29, 1.82) is 0 Å². The van der Waals surface area contributed by atoms with E-state index in [2.05, 4.69) is 37.5 Å². The number of esters is 1. The lowest BCUT2D eigenvalue weighted by atomic mass is 9.97. The maximum atomic E-state index is 12.2. The summed E-state index contributed by atoms with van der Waals surface area (Å²) in [7, 11) is 3.17. The molecule has 1 saturated carbocycles. The number of rotatable bonds is 7. The van der Waals surface area contributed by atoms with Crippen LogP contribution in [0.4, 0.5) is 0 Å². The zero-order valence-corrected chi connectivity index (χ0v) is 18.5. The summed E-state index contributed by atoms with van der Waals surface area (Å²) in [5.74, 6) is 1.22. The number of aryl methyl sites for hydroxylation is 1. The van der Waals surface area contributed by atoms with Crippen LogP contribution in [0.25, 0.3) is 22.3 Å². The van der Waals surface area contributed by atoms with Gasteiger partial charge in [-0.15, -0.1) is 0 Å². The molecule has 0 radical (unpaired) electrons. The number of fused-ring (bicyclic) bond motifs is 1. The standard InChI is InChI=1S/C24H24N6O3/c1-30-20(11-17-9-10-19-18(12-26-28-19)22(17)14-3-4-14)27-23(29-30)15-5-7-16(8-6-15)24(32)25-13-21(31)33-2/h5-10,12,14H,3-4,11,13H2,1-2H3,(H,25,32)(H,26,28). The number of aromatic nitrogens is 5. The molecule has 0 atom stereocenters. The third-order valence-electron chi connectivity index (χ3n) is 5.97. The number of hydrogen-bond donors (Lipinski definition) is 2. The van der Waals surface area contributed by atoms with Crippen LogP contribution < -0.4 is 5.32 Å². The molecule has 0 spiro atoms. The van der Waals surface area contributed by atoms with Gasteiger partial charge in [0.15, 0.2) is 5.82 Å². The number of H-pyrrole nitrogens is 1. The molecule has 0 saturated heterocycles. The Labute approximate surface area is 190 Å². The largest absolute Gasteiger partial charge is 0.468 e. The molecule has 1 fully saturated rings. The second-order valence-electron chi connectivity index (χ2n) is 8.23. The molecule has 0 aliphatic heterocycles. The molecule has 168 valence electrons. The van der Waals surface area contributed by atoms with Crippen LogP contribution in [0.15, 0.2) is 42.6 Å². The first kappa shape index (κ1) is 20.9. The summed E-state index contributed by atoms with van der Waals surface area (Å²) in [6.45, 7) is -0.171. The molecular formula is C24H24N6O3. The Morgan fingerprint density at radius 2 is 1.97 bits per heavy atom. The Kier molecular flexibility index (Phi) is 5.37. The highest BCUT2D eigenvalue weighted by atomic mass is 16.5. The molecular weight excluding hydrogens is 420 g/mol. The molecule has 5 rings (SSSR count). The third-order valence-corrected chi connectivity index (χ3v) is 5.97. The van der Waals surface area contributed by atoms with E-state index in [-0.39, 0.29) is 12.5 Å². The zero-order valence-electron chi connectivity index (χ0n) is 18.5. The highest BCUT2D eigenvalue weighted by Crippen LogP contribution is 2.45. The van der Waals surface area contributed by atoms with Crippen molar-refractivity contribution in [3.05, 3.63) is 65.1 Å². The van der Waals surface area contributed by atoms with Crippen LogP contribution in [0.2, 0.25) is 0 Å². The van der Waals surface area contributed by atoms with Crippen molar-refractivity contribution < 1.29 is 14.3 Å². The van der Waals surface area contributed by atoms with Crippen molar-refractivity contribution in [3.63, 3.8) is 0 Å². The van der Waals surface area contributed by atoms with E-state index in [1.54, 1.807) is 24.3 Å². The second-order valence-corrected chi connectivity index (χ2v) is 8.23. The molecule has 2 aromatic heterocycles. The first-order chi connectivity index (χ1) is 16.0. The van der Waals surface area contributed by atoms with Gasteiger partial charge in [-0.05, 0) is 48.1 Å². The topological polar surface area (TPSA) is 115 Å². The third kappa shape index (κ3) is 4.21. The monoisotopic (exact) mass is 444 g/mol. The maximum absolute atomic E-state index is 12.2. The predicted molar refractivity (Wildman–Crippen MR) is 122 cm³/mol. The number of carbonyl (C=O) groups is 2. The summed E-state index contributed by atoms with van der Waals surface area (Å²) in [6, 6.07) is 11.2. The average Bonchev–Trinajstić information content (AvgIpc) is 3.44. The average molecular weight is 444 g/mol. The van der Waals surface area contributed by atoms with Crippen LogP contribution >= 0.6 is 0 Å². The Balaban J connectivity index is 1.35. The number of nitrogens with zero attached hydrogens (tertiary/aromatic N) is 4. The van der Waals surface area contributed by atoms with Gasteiger partial charge in [0.2, 0.25) is 0 Å². The lowest BCUT2D eigenvalue weighted by molar-refractivity contribution is -0.139. The molecule has 0 unspecified atom stereocenters. The van der Waals surface area contributed by atoms with Crippen LogP contribution in [0.1, 0.15) is 46.1 Å². The van der Waals surface area contributed by atoms with Crippen LogP contribution in [0.3, 0.4) is 0 Å². The SMILES string of the molecule is COC(=O)CNC(=O)c1ccc(-c2nc(Cc3ccc4[nH]ncc4c3C3CC3)n(C)n2)cc1. The number of nitrogens with one attached hydrogen (secondary N) is 2. The van der Waals surface area contributed by atoms with Crippen molar-refractivity contribution in [1.82, 2.24) is 30.3 Å². The quantitative estimate of drug-likeness (QED) is 0.424. The minimum absolute atomic E-state index is 0.171. The van der Waals surface area contributed by atoms with Crippen LogP contribution in [0, 0.1) is 0 Å². The molecule has 1 aliphatic rings. The molecule has 33 heavy (non-hydrogen) atoms. The fraction of sp³-hybridized carbons (Fsp3) is 0.292. The van der Waals surface area contributed by atoms with E-state index in [4.69, 9.17) is 4.98 Å². The molecule has 9 heteroatoms. The van der Waals surface area contributed by atoms with E-state index >= 15 is 0 Å². The number of aromatic amines is 1. The summed E-state index contributed by atoms with van der Waals surface area (Å²) < 4.78 is 6.34. The van der Waals surface area contributed by atoms with Gasteiger partial charge in [-0.3, -0.25) is 19.4 Å². The van der Waals surface area contributed by atoms with E-state index in [0.29, 0.717) is 23.7 Å². The number of ether oxygens (including phenoxy) is 1. The van der Waals surface area contributed by atoms with Gasteiger partial charge in [-0.2, -0.15) is 10.2 Å². The molecule has 1 amide bonds. The van der Waals surface area contributed by atoms with Crippen molar-refractivity contribution in [2.75, 3.05) is 13.7 Å². The molecule has 2 heterocycles. The molecule has 2 N–H and O–H groups in total. The van der Waals surface area contributed by atoms with Crippen molar-refractivity contribution >= 4 is 22.8 Å². The van der Waals surface area contributed by atoms with Gasteiger partial charge in [0.05, 0.1) is 18.8 Å². The normalized spacial score (nSPS) is 13.3. The maximum Gasteiger partial charge on any atom is 0.325 e. The van der Waals surface area contributed by atoms with Gasteiger partial charge in [-0.25, -0.2) is 4.98 Å². The summed E-state index contributed by atoms with van der Waals surface area (Å²) in [5, 5.41) is 15.6. The Hall–Kier alpha value is -4.01. The first-order valence-corrected chi connectivity index (χ1v) is 10.8.